The molecule has 2 N–H and O–H groups in total. The van der Waals surface area contributed by atoms with E-state index in [0.29, 0.717) is 32.6 Å². The number of sulfonamides is 1. The molecule has 0 unspecified atom stereocenters. The predicted molar refractivity (Wildman–Crippen MR) is 87.3 cm³/mol. The van der Waals surface area contributed by atoms with Crippen molar-refractivity contribution in [1.29, 1.82) is 0 Å². The Bertz CT molecular complexity index is 593. The van der Waals surface area contributed by atoms with Crippen LogP contribution in [0.25, 0.3) is 0 Å². The lowest BCUT2D eigenvalue weighted by Gasteiger charge is -2.23. The highest BCUT2D eigenvalue weighted by Gasteiger charge is 2.28. The largest absolute Gasteiger partial charge is 0.340 e. The van der Waals surface area contributed by atoms with Gasteiger partial charge < -0.3 is 10.6 Å². The van der Waals surface area contributed by atoms with Crippen molar-refractivity contribution in [1.82, 2.24) is 9.21 Å². The van der Waals surface area contributed by atoms with Crippen molar-refractivity contribution < 1.29 is 13.2 Å². The number of hydrogen-bond donors (Lipinski definition) is 1. The number of nitrogens with two attached hydrogens (primary N) is 1. The standard InChI is InChI=1S/C14H21N3O3S.ClH/c1-12(15)14(18)16-8-5-9-17(11-10-16)21(19,20)13-6-3-2-4-7-13;/h2-4,6-7,12H,5,8-11,15H2,1H3;1H/t12-;/m0./s1. The summed E-state index contributed by atoms with van der Waals surface area (Å²) < 4.78 is 26.5. The van der Waals surface area contributed by atoms with Crippen molar-refractivity contribution >= 4 is 28.3 Å². The lowest BCUT2D eigenvalue weighted by Crippen LogP contribution is -2.44. The van der Waals surface area contributed by atoms with Crippen LogP contribution in [0, 0.1) is 0 Å². The van der Waals surface area contributed by atoms with Gasteiger partial charge in [-0.3, -0.25) is 4.79 Å². The quantitative estimate of drug-likeness (QED) is 0.871. The van der Waals surface area contributed by atoms with Crippen LogP contribution in [0.5, 0.6) is 0 Å². The average Bonchev–Trinajstić information content (AvgIpc) is 2.73. The maximum absolute atomic E-state index is 12.5. The molecule has 1 atom stereocenters. The summed E-state index contributed by atoms with van der Waals surface area (Å²) in [5, 5.41) is 0. The molecule has 1 fully saturated rings. The fourth-order valence-electron chi connectivity index (χ4n) is 2.38. The molecule has 1 aliphatic rings. The van der Waals surface area contributed by atoms with Crippen LogP contribution >= 0.6 is 12.4 Å². The number of rotatable bonds is 3. The molecule has 0 aromatic heterocycles. The number of amides is 1. The highest BCUT2D eigenvalue weighted by molar-refractivity contribution is 7.89. The van der Waals surface area contributed by atoms with E-state index < -0.39 is 16.1 Å². The Morgan fingerprint density at radius 1 is 1.14 bits per heavy atom. The molecular formula is C14H22ClN3O3S. The zero-order valence-corrected chi connectivity index (χ0v) is 14.1. The molecule has 1 aromatic carbocycles. The third kappa shape index (κ3) is 4.19. The normalized spacial score (nSPS) is 18.2. The van der Waals surface area contributed by atoms with Gasteiger partial charge >= 0.3 is 0 Å². The minimum absolute atomic E-state index is 0. The zero-order valence-electron chi connectivity index (χ0n) is 12.5. The third-order valence-electron chi connectivity index (χ3n) is 3.54. The Morgan fingerprint density at radius 2 is 1.77 bits per heavy atom. The molecule has 0 bridgehead atoms. The summed E-state index contributed by atoms with van der Waals surface area (Å²) >= 11 is 0. The average molecular weight is 348 g/mol. The van der Waals surface area contributed by atoms with Crippen molar-refractivity contribution in [3.8, 4) is 0 Å². The van der Waals surface area contributed by atoms with Crippen LogP contribution in [0.2, 0.25) is 0 Å². The first kappa shape index (κ1) is 18.9. The van der Waals surface area contributed by atoms with E-state index in [2.05, 4.69) is 0 Å². The van der Waals surface area contributed by atoms with Crippen molar-refractivity contribution in [3.63, 3.8) is 0 Å². The minimum atomic E-state index is -3.49. The molecule has 1 heterocycles. The fourth-order valence-corrected chi connectivity index (χ4v) is 3.87. The van der Waals surface area contributed by atoms with Crippen LogP contribution in [0.15, 0.2) is 35.2 Å². The van der Waals surface area contributed by atoms with E-state index in [0.717, 1.165) is 0 Å². The van der Waals surface area contributed by atoms with Crippen LogP contribution in [0.3, 0.4) is 0 Å². The first-order valence-corrected chi connectivity index (χ1v) is 8.46. The Balaban J connectivity index is 0.00000242. The molecule has 0 aliphatic carbocycles. The molecule has 8 heteroatoms. The second kappa shape index (κ2) is 7.92. The van der Waals surface area contributed by atoms with Crippen LogP contribution < -0.4 is 5.73 Å². The van der Waals surface area contributed by atoms with Crippen LogP contribution in [-0.2, 0) is 14.8 Å². The summed E-state index contributed by atoms with van der Waals surface area (Å²) in [5.41, 5.74) is 5.61. The SMILES string of the molecule is C[C@H](N)C(=O)N1CCCN(S(=O)(=O)c2ccccc2)CC1.Cl. The Kier molecular flexibility index (Phi) is 6.80. The lowest BCUT2D eigenvalue weighted by atomic mass is 10.3. The first-order valence-electron chi connectivity index (χ1n) is 7.02. The van der Waals surface area contributed by atoms with E-state index in [1.54, 1.807) is 42.2 Å². The van der Waals surface area contributed by atoms with Gasteiger partial charge in [0.2, 0.25) is 15.9 Å². The summed E-state index contributed by atoms with van der Waals surface area (Å²) in [5.74, 6) is -0.131. The van der Waals surface area contributed by atoms with Crippen molar-refractivity contribution in [2.24, 2.45) is 5.73 Å². The first-order chi connectivity index (χ1) is 9.93. The zero-order chi connectivity index (χ0) is 15.5. The molecule has 1 amide bonds. The van der Waals surface area contributed by atoms with Gasteiger partial charge in [-0.15, -0.1) is 12.4 Å². The van der Waals surface area contributed by atoms with Crippen molar-refractivity contribution in [2.75, 3.05) is 26.2 Å². The van der Waals surface area contributed by atoms with E-state index in [-0.39, 0.29) is 23.2 Å². The van der Waals surface area contributed by atoms with Gasteiger partial charge in [-0.25, -0.2) is 8.42 Å². The molecule has 1 saturated heterocycles. The van der Waals surface area contributed by atoms with Crippen molar-refractivity contribution in [2.45, 2.75) is 24.3 Å². The summed E-state index contributed by atoms with van der Waals surface area (Å²) in [6.45, 7) is 3.29. The Hall–Kier alpha value is -1.15. The van der Waals surface area contributed by atoms with Gasteiger partial charge in [-0.2, -0.15) is 4.31 Å². The molecule has 22 heavy (non-hydrogen) atoms. The topological polar surface area (TPSA) is 83.7 Å². The third-order valence-corrected chi connectivity index (χ3v) is 5.45. The van der Waals surface area contributed by atoms with Crippen LogP contribution in [-0.4, -0.2) is 55.8 Å². The predicted octanol–water partition coefficient (Wildman–Crippen LogP) is 0.679. The molecule has 6 nitrogen and oxygen atoms in total. The van der Waals surface area contributed by atoms with Crippen molar-refractivity contribution in [3.05, 3.63) is 30.3 Å². The maximum atomic E-state index is 12.5. The van der Waals surface area contributed by atoms with E-state index in [4.69, 9.17) is 5.73 Å². The Labute approximate surface area is 137 Å². The smallest absolute Gasteiger partial charge is 0.243 e. The highest BCUT2D eigenvalue weighted by atomic mass is 35.5. The van der Waals surface area contributed by atoms with E-state index in [1.807, 2.05) is 0 Å². The number of carbonyl (C=O) groups excluding carboxylic acids is 1. The summed E-state index contributed by atoms with van der Waals surface area (Å²) in [7, 11) is -3.49. The molecule has 0 radical (unpaired) electrons. The number of benzene rings is 1. The minimum Gasteiger partial charge on any atom is -0.340 e. The van der Waals surface area contributed by atoms with Gasteiger partial charge in [-0.05, 0) is 25.5 Å². The van der Waals surface area contributed by atoms with E-state index >= 15 is 0 Å². The number of hydrogen-bond acceptors (Lipinski definition) is 4. The van der Waals surface area contributed by atoms with Crippen LogP contribution in [0.1, 0.15) is 13.3 Å². The van der Waals surface area contributed by atoms with Gasteiger partial charge in [0.15, 0.2) is 0 Å². The summed E-state index contributed by atoms with van der Waals surface area (Å²) in [6, 6.07) is 7.82. The second-order valence-electron chi connectivity index (χ2n) is 5.18. The number of carbonyl (C=O) groups is 1. The summed E-state index contributed by atoms with van der Waals surface area (Å²) in [6.07, 6.45) is 0.616. The van der Waals surface area contributed by atoms with E-state index in [1.165, 1.54) is 4.31 Å². The van der Waals surface area contributed by atoms with Gasteiger partial charge in [0, 0.05) is 26.2 Å². The molecule has 1 aromatic rings. The fraction of sp³-hybridized carbons (Fsp3) is 0.500. The molecule has 2 rings (SSSR count). The second-order valence-corrected chi connectivity index (χ2v) is 7.12. The molecule has 1 aliphatic heterocycles. The molecule has 0 spiro atoms. The van der Waals surface area contributed by atoms with Gasteiger partial charge in [0.05, 0.1) is 10.9 Å². The molecule has 0 saturated carbocycles. The van der Waals surface area contributed by atoms with E-state index in [9.17, 15) is 13.2 Å². The Morgan fingerprint density at radius 3 is 2.36 bits per heavy atom. The van der Waals surface area contributed by atoms with Gasteiger partial charge in [0.1, 0.15) is 0 Å². The monoisotopic (exact) mass is 347 g/mol. The number of halogens is 1. The maximum Gasteiger partial charge on any atom is 0.243 e. The lowest BCUT2D eigenvalue weighted by molar-refractivity contribution is -0.132. The van der Waals surface area contributed by atoms with Gasteiger partial charge in [0.25, 0.3) is 0 Å². The van der Waals surface area contributed by atoms with Crippen LogP contribution in [0.4, 0.5) is 0 Å². The van der Waals surface area contributed by atoms with Gasteiger partial charge in [-0.1, -0.05) is 18.2 Å². The summed E-state index contributed by atoms with van der Waals surface area (Å²) in [4.78, 5) is 13.8. The highest BCUT2D eigenvalue weighted by Crippen LogP contribution is 2.17. The number of nitrogens with zero attached hydrogens (tertiary/aromatic N) is 2. The molecular weight excluding hydrogens is 326 g/mol. The molecule has 124 valence electrons.